The number of hydrogen-bond acceptors (Lipinski definition) is 4. The highest BCUT2D eigenvalue weighted by Crippen LogP contribution is 2.30. The van der Waals surface area contributed by atoms with Crippen molar-refractivity contribution in [3.63, 3.8) is 0 Å². The second-order valence-corrected chi connectivity index (χ2v) is 8.45. The van der Waals surface area contributed by atoms with E-state index in [4.69, 9.17) is 16.3 Å². The van der Waals surface area contributed by atoms with Gasteiger partial charge < -0.3 is 9.64 Å². The SMILES string of the molecule is COC1CCN(C2CCN(c3ccccn3)CC2)[C@@H](Cc2ccc(Cl)cc2)C1. The normalized spacial score (nSPS) is 24.4. The molecule has 28 heavy (non-hydrogen) atoms. The number of piperidine rings is 2. The fourth-order valence-corrected chi connectivity index (χ4v) is 4.91. The lowest BCUT2D eigenvalue weighted by Crippen LogP contribution is -2.54. The minimum Gasteiger partial charge on any atom is -0.381 e. The number of anilines is 1. The van der Waals surface area contributed by atoms with Crippen LogP contribution in [0.3, 0.4) is 0 Å². The highest BCUT2D eigenvalue weighted by Gasteiger charge is 2.34. The van der Waals surface area contributed by atoms with Crippen LogP contribution in [0.4, 0.5) is 5.82 Å². The molecule has 2 atom stereocenters. The van der Waals surface area contributed by atoms with Crippen LogP contribution in [0.5, 0.6) is 0 Å². The van der Waals surface area contributed by atoms with Gasteiger partial charge in [0.15, 0.2) is 0 Å². The summed E-state index contributed by atoms with van der Waals surface area (Å²) >= 11 is 6.07. The predicted molar refractivity (Wildman–Crippen MR) is 115 cm³/mol. The number of rotatable bonds is 5. The Hall–Kier alpha value is -1.62. The van der Waals surface area contributed by atoms with E-state index in [0.717, 1.165) is 49.7 Å². The van der Waals surface area contributed by atoms with Gasteiger partial charge >= 0.3 is 0 Å². The summed E-state index contributed by atoms with van der Waals surface area (Å²) in [5.41, 5.74) is 1.36. The van der Waals surface area contributed by atoms with Crippen molar-refractivity contribution in [2.45, 2.75) is 50.3 Å². The fourth-order valence-electron chi connectivity index (χ4n) is 4.79. The first kappa shape index (κ1) is 19.7. The summed E-state index contributed by atoms with van der Waals surface area (Å²) in [4.78, 5) is 9.71. The minimum atomic E-state index is 0.377. The van der Waals surface area contributed by atoms with Gasteiger partial charge in [-0.3, -0.25) is 4.90 Å². The second-order valence-electron chi connectivity index (χ2n) is 8.01. The monoisotopic (exact) mass is 399 g/mol. The van der Waals surface area contributed by atoms with Gasteiger partial charge in [0.05, 0.1) is 6.10 Å². The van der Waals surface area contributed by atoms with Gasteiger partial charge in [0.1, 0.15) is 5.82 Å². The standard InChI is InChI=1S/C23H30ClN3O/c1-28-22-11-15-27(21(17-22)16-18-5-7-19(24)8-6-18)20-9-13-26(14-10-20)23-4-2-3-12-25-23/h2-8,12,20-22H,9-11,13-17H2,1H3/t21-,22?/m0/s1. The van der Waals surface area contributed by atoms with Gasteiger partial charge in [-0.1, -0.05) is 29.8 Å². The molecular weight excluding hydrogens is 370 g/mol. The largest absolute Gasteiger partial charge is 0.381 e. The fraction of sp³-hybridized carbons (Fsp3) is 0.522. The molecule has 0 N–H and O–H groups in total. The Balaban J connectivity index is 1.42. The quantitative estimate of drug-likeness (QED) is 0.743. The average Bonchev–Trinajstić information content (AvgIpc) is 2.76. The lowest BCUT2D eigenvalue weighted by Gasteiger charge is -2.46. The number of halogens is 1. The van der Waals surface area contributed by atoms with E-state index in [1.165, 1.54) is 18.4 Å². The summed E-state index contributed by atoms with van der Waals surface area (Å²) in [5, 5.41) is 0.806. The van der Waals surface area contributed by atoms with Crippen molar-refractivity contribution in [3.8, 4) is 0 Å². The summed E-state index contributed by atoms with van der Waals surface area (Å²) in [7, 11) is 1.85. The summed E-state index contributed by atoms with van der Waals surface area (Å²) in [6, 6.07) is 15.7. The molecule has 2 fully saturated rings. The maximum atomic E-state index is 6.07. The number of ether oxygens (including phenoxy) is 1. The minimum absolute atomic E-state index is 0.377. The maximum Gasteiger partial charge on any atom is 0.128 e. The van der Waals surface area contributed by atoms with Crippen LogP contribution in [0.1, 0.15) is 31.2 Å². The van der Waals surface area contributed by atoms with Crippen molar-refractivity contribution in [1.82, 2.24) is 9.88 Å². The van der Waals surface area contributed by atoms with Crippen molar-refractivity contribution in [3.05, 3.63) is 59.2 Å². The first-order valence-electron chi connectivity index (χ1n) is 10.4. The van der Waals surface area contributed by atoms with Crippen molar-refractivity contribution in [2.75, 3.05) is 31.6 Å². The molecule has 0 aliphatic carbocycles. The van der Waals surface area contributed by atoms with Gasteiger partial charge in [-0.15, -0.1) is 0 Å². The highest BCUT2D eigenvalue weighted by atomic mass is 35.5. The van der Waals surface area contributed by atoms with Crippen LogP contribution >= 0.6 is 11.6 Å². The molecule has 4 nitrogen and oxygen atoms in total. The summed E-state index contributed by atoms with van der Waals surface area (Å²) in [6.45, 7) is 3.30. The smallest absolute Gasteiger partial charge is 0.128 e. The van der Waals surface area contributed by atoms with Crippen LogP contribution in [0.15, 0.2) is 48.7 Å². The summed E-state index contributed by atoms with van der Waals surface area (Å²) < 4.78 is 5.72. The van der Waals surface area contributed by atoms with E-state index in [1.54, 1.807) is 0 Å². The van der Waals surface area contributed by atoms with Gasteiger partial charge in [0.25, 0.3) is 0 Å². The van der Waals surface area contributed by atoms with Crippen LogP contribution in [-0.2, 0) is 11.2 Å². The Labute approximate surface area is 173 Å². The van der Waals surface area contributed by atoms with Gasteiger partial charge in [-0.05, 0) is 61.9 Å². The molecule has 0 radical (unpaired) electrons. The maximum absolute atomic E-state index is 6.07. The second kappa shape index (κ2) is 9.25. The van der Waals surface area contributed by atoms with Crippen molar-refractivity contribution in [1.29, 1.82) is 0 Å². The number of hydrogen-bond donors (Lipinski definition) is 0. The molecule has 2 saturated heterocycles. The Morgan fingerprint density at radius 3 is 2.50 bits per heavy atom. The molecule has 5 heteroatoms. The molecule has 150 valence electrons. The van der Waals surface area contributed by atoms with Gasteiger partial charge in [-0.25, -0.2) is 4.98 Å². The first-order chi connectivity index (χ1) is 13.7. The van der Waals surface area contributed by atoms with Crippen LogP contribution in [0, 0.1) is 0 Å². The zero-order valence-corrected chi connectivity index (χ0v) is 17.4. The molecule has 4 rings (SSSR count). The highest BCUT2D eigenvalue weighted by molar-refractivity contribution is 6.30. The molecule has 3 heterocycles. The van der Waals surface area contributed by atoms with Gasteiger partial charge in [-0.2, -0.15) is 0 Å². The van der Waals surface area contributed by atoms with E-state index in [9.17, 15) is 0 Å². The third-order valence-corrected chi connectivity index (χ3v) is 6.59. The van der Waals surface area contributed by atoms with E-state index in [2.05, 4.69) is 39.0 Å². The van der Waals surface area contributed by atoms with Crippen molar-refractivity contribution >= 4 is 17.4 Å². The third kappa shape index (κ3) is 4.68. The molecule has 0 saturated carbocycles. The van der Waals surface area contributed by atoms with Gasteiger partial charge in [0.2, 0.25) is 0 Å². The predicted octanol–water partition coefficient (Wildman–Crippen LogP) is 4.43. The Bertz CT molecular complexity index is 731. The Morgan fingerprint density at radius 2 is 1.82 bits per heavy atom. The average molecular weight is 400 g/mol. The molecule has 2 aliphatic heterocycles. The third-order valence-electron chi connectivity index (χ3n) is 6.34. The number of likely N-dealkylation sites (tertiary alicyclic amines) is 1. The molecule has 1 aromatic heterocycles. The zero-order chi connectivity index (χ0) is 19.3. The van der Waals surface area contributed by atoms with E-state index < -0.39 is 0 Å². The molecule has 0 spiro atoms. The zero-order valence-electron chi connectivity index (χ0n) is 16.6. The van der Waals surface area contributed by atoms with E-state index in [-0.39, 0.29) is 0 Å². The molecule has 2 aliphatic rings. The lowest BCUT2D eigenvalue weighted by atomic mass is 9.90. The topological polar surface area (TPSA) is 28.6 Å². The van der Waals surface area contributed by atoms with E-state index >= 15 is 0 Å². The first-order valence-corrected chi connectivity index (χ1v) is 10.8. The van der Waals surface area contributed by atoms with Crippen LogP contribution in [0.25, 0.3) is 0 Å². The molecule has 1 unspecified atom stereocenters. The van der Waals surface area contributed by atoms with Crippen molar-refractivity contribution in [2.24, 2.45) is 0 Å². The molecule has 1 aromatic carbocycles. The Kier molecular flexibility index (Phi) is 6.50. The van der Waals surface area contributed by atoms with Gasteiger partial charge in [0, 0.05) is 50.0 Å². The van der Waals surface area contributed by atoms with Crippen LogP contribution < -0.4 is 4.90 Å². The van der Waals surface area contributed by atoms with E-state index in [0.29, 0.717) is 18.2 Å². The van der Waals surface area contributed by atoms with Crippen LogP contribution in [0.2, 0.25) is 5.02 Å². The molecule has 0 bridgehead atoms. The number of nitrogens with zero attached hydrogens (tertiary/aromatic N) is 3. The molecular formula is C23H30ClN3O. The number of pyridine rings is 1. The Morgan fingerprint density at radius 1 is 1.04 bits per heavy atom. The number of benzene rings is 1. The lowest BCUT2D eigenvalue weighted by molar-refractivity contribution is -0.0111. The molecule has 2 aromatic rings. The van der Waals surface area contributed by atoms with Crippen molar-refractivity contribution < 1.29 is 4.74 Å². The van der Waals surface area contributed by atoms with Crippen LogP contribution in [-0.4, -0.2) is 54.8 Å². The van der Waals surface area contributed by atoms with E-state index in [1.807, 2.05) is 31.5 Å². The number of methoxy groups -OCH3 is 1. The summed E-state index contributed by atoms with van der Waals surface area (Å²) in [5.74, 6) is 1.11. The molecule has 0 amide bonds. The summed E-state index contributed by atoms with van der Waals surface area (Å²) in [6.07, 6.45) is 7.98. The number of aromatic nitrogens is 1.